The average Bonchev–Trinajstić information content (AvgIpc) is 2.01. The summed E-state index contributed by atoms with van der Waals surface area (Å²) < 4.78 is 0. The van der Waals surface area contributed by atoms with Crippen LogP contribution in [0.25, 0.3) is 0 Å². The van der Waals surface area contributed by atoms with Crippen LogP contribution in [-0.2, 0) is 17.8 Å². The lowest BCUT2D eigenvalue weighted by Gasteiger charge is -2.03. The van der Waals surface area contributed by atoms with Gasteiger partial charge in [-0.3, -0.25) is 4.79 Å². The topological polar surface area (TPSA) is 37.3 Å². The Morgan fingerprint density at radius 1 is 1.38 bits per heavy atom. The molecule has 1 unspecified atom stereocenters. The summed E-state index contributed by atoms with van der Waals surface area (Å²) >= 11 is 0. The van der Waals surface area contributed by atoms with Crippen LogP contribution in [0.3, 0.4) is 0 Å². The lowest BCUT2D eigenvalue weighted by atomic mass is 10.1. The van der Waals surface area contributed by atoms with Crippen molar-refractivity contribution in [1.82, 2.24) is 0 Å². The Hall–Kier alpha value is -0.720. The van der Waals surface area contributed by atoms with E-state index in [-0.39, 0.29) is 12.4 Å². The molecule has 0 amide bonds. The van der Waals surface area contributed by atoms with Crippen molar-refractivity contribution in [3.05, 3.63) is 29.3 Å². The van der Waals surface area contributed by atoms with Crippen molar-refractivity contribution in [3.8, 4) is 0 Å². The molecule has 1 rings (SSSR count). The highest BCUT2D eigenvalue weighted by atomic mass is 31.0. The number of rotatable bonds is 3. The molecular weight excluding hydrogens is 183 g/mol. The monoisotopic (exact) mass is 196 g/mol. The SMILES string of the molecule is CC(=O)Cc1cc(P)cc(CO)c1. The first-order valence-corrected chi connectivity index (χ1v) is 4.68. The summed E-state index contributed by atoms with van der Waals surface area (Å²) in [5.41, 5.74) is 1.81. The van der Waals surface area contributed by atoms with Gasteiger partial charge in [0, 0.05) is 6.42 Å². The van der Waals surface area contributed by atoms with Crippen LogP contribution in [0.5, 0.6) is 0 Å². The molecule has 1 aromatic carbocycles. The molecule has 0 spiro atoms. The molecule has 0 heterocycles. The van der Waals surface area contributed by atoms with Gasteiger partial charge in [-0.25, -0.2) is 0 Å². The molecule has 0 bridgehead atoms. The van der Waals surface area contributed by atoms with Crippen molar-refractivity contribution >= 4 is 20.3 Å². The zero-order valence-corrected chi connectivity index (χ0v) is 8.73. The van der Waals surface area contributed by atoms with Gasteiger partial charge < -0.3 is 5.11 Å². The number of carbonyl (C=O) groups excluding carboxylic acids is 1. The summed E-state index contributed by atoms with van der Waals surface area (Å²) in [6.45, 7) is 1.58. The number of hydrogen-bond acceptors (Lipinski definition) is 2. The molecule has 1 aromatic rings. The van der Waals surface area contributed by atoms with Crippen LogP contribution in [0, 0.1) is 0 Å². The van der Waals surface area contributed by atoms with Crippen LogP contribution in [0.4, 0.5) is 0 Å². The van der Waals surface area contributed by atoms with E-state index in [0.29, 0.717) is 6.42 Å². The molecule has 0 saturated heterocycles. The molecule has 0 radical (unpaired) electrons. The molecule has 13 heavy (non-hydrogen) atoms. The quantitative estimate of drug-likeness (QED) is 0.726. The lowest BCUT2D eigenvalue weighted by Crippen LogP contribution is -2.02. The van der Waals surface area contributed by atoms with E-state index in [1.807, 2.05) is 18.2 Å². The zero-order chi connectivity index (χ0) is 9.84. The number of benzene rings is 1. The van der Waals surface area contributed by atoms with Crippen LogP contribution in [-0.4, -0.2) is 10.9 Å². The minimum atomic E-state index is 0.0210. The number of hydrogen-bond donors (Lipinski definition) is 1. The van der Waals surface area contributed by atoms with Gasteiger partial charge in [-0.15, -0.1) is 9.24 Å². The highest BCUT2D eigenvalue weighted by molar-refractivity contribution is 7.27. The Morgan fingerprint density at radius 2 is 2.00 bits per heavy atom. The highest BCUT2D eigenvalue weighted by Gasteiger charge is 2.00. The van der Waals surface area contributed by atoms with E-state index in [2.05, 4.69) is 9.24 Å². The fourth-order valence-corrected chi connectivity index (χ4v) is 1.70. The number of Topliss-reactive ketones (excluding diaryl/α,β-unsaturated/α-hetero) is 1. The second-order valence-electron chi connectivity index (χ2n) is 3.12. The maximum atomic E-state index is 10.9. The smallest absolute Gasteiger partial charge is 0.134 e. The zero-order valence-electron chi connectivity index (χ0n) is 7.58. The summed E-state index contributed by atoms with van der Waals surface area (Å²) in [5, 5.41) is 9.93. The summed E-state index contributed by atoms with van der Waals surface area (Å²) in [6, 6.07) is 5.68. The van der Waals surface area contributed by atoms with E-state index < -0.39 is 0 Å². The first-order chi connectivity index (χ1) is 6.11. The summed E-state index contributed by atoms with van der Waals surface area (Å²) in [7, 11) is 2.57. The second kappa shape index (κ2) is 4.50. The molecule has 0 aliphatic rings. The van der Waals surface area contributed by atoms with Gasteiger partial charge in [0.15, 0.2) is 0 Å². The van der Waals surface area contributed by atoms with Gasteiger partial charge in [-0.2, -0.15) is 0 Å². The van der Waals surface area contributed by atoms with Gasteiger partial charge in [0.2, 0.25) is 0 Å². The number of ketones is 1. The molecule has 1 atom stereocenters. The molecule has 1 N–H and O–H groups in total. The number of carbonyl (C=O) groups is 1. The van der Waals surface area contributed by atoms with E-state index in [9.17, 15) is 4.79 Å². The molecule has 3 heteroatoms. The van der Waals surface area contributed by atoms with Gasteiger partial charge in [-0.1, -0.05) is 12.1 Å². The highest BCUT2D eigenvalue weighted by Crippen LogP contribution is 2.07. The van der Waals surface area contributed by atoms with Crippen molar-refractivity contribution < 1.29 is 9.90 Å². The predicted molar refractivity (Wildman–Crippen MR) is 56.1 cm³/mol. The van der Waals surface area contributed by atoms with Gasteiger partial charge in [-0.05, 0) is 29.4 Å². The van der Waals surface area contributed by atoms with Crippen LogP contribution >= 0.6 is 9.24 Å². The third kappa shape index (κ3) is 3.25. The van der Waals surface area contributed by atoms with E-state index in [1.54, 1.807) is 6.92 Å². The van der Waals surface area contributed by atoms with Crippen molar-refractivity contribution in [2.75, 3.05) is 0 Å². The molecule has 0 aliphatic carbocycles. The number of aliphatic hydroxyl groups is 1. The molecular formula is C10H13O2P. The fourth-order valence-electron chi connectivity index (χ4n) is 1.27. The Bertz CT molecular complexity index is 321. The molecule has 0 saturated carbocycles. The van der Waals surface area contributed by atoms with Crippen LogP contribution in [0.1, 0.15) is 18.1 Å². The fraction of sp³-hybridized carbons (Fsp3) is 0.300. The largest absolute Gasteiger partial charge is 0.392 e. The normalized spacial score (nSPS) is 10.1. The van der Waals surface area contributed by atoms with E-state index >= 15 is 0 Å². The first kappa shape index (κ1) is 10.4. The maximum absolute atomic E-state index is 10.9. The van der Waals surface area contributed by atoms with Crippen LogP contribution in [0.2, 0.25) is 0 Å². The minimum absolute atomic E-state index is 0.0210. The summed E-state index contributed by atoms with van der Waals surface area (Å²) in [5.74, 6) is 0.138. The van der Waals surface area contributed by atoms with Crippen molar-refractivity contribution in [2.24, 2.45) is 0 Å². The van der Waals surface area contributed by atoms with Crippen LogP contribution < -0.4 is 5.30 Å². The van der Waals surface area contributed by atoms with Gasteiger partial charge in [0.25, 0.3) is 0 Å². The molecule has 2 nitrogen and oxygen atoms in total. The van der Waals surface area contributed by atoms with E-state index in [4.69, 9.17) is 5.11 Å². The van der Waals surface area contributed by atoms with Crippen LogP contribution in [0.15, 0.2) is 18.2 Å². The van der Waals surface area contributed by atoms with Gasteiger partial charge >= 0.3 is 0 Å². The minimum Gasteiger partial charge on any atom is -0.392 e. The summed E-state index contributed by atoms with van der Waals surface area (Å²) in [4.78, 5) is 10.9. The molecule has 0 fully saturated rings. The standard InChI is InChI=1S/C10H13O2P/c1-7(12)2-8-3-9(6-11)5-10(13)4-8/h3-5,11H,2,6,13H2,1H3. The van der Waals surface area contributed by atoms with E-state index in [0.717, 1.165) is 16.4 Å². The Kier molecular flexibility index (Phi) is 3.58. The molecule has 0 aromatic heterocycles. The molecule has 0 aliphatic heterocycles. The third-order valence-corrected chi connectivity index (χ3v) is 2.04. The third-order valence-electron chi connectivity index (χ3n) is 1.71. The van der Waals surface area contributed by atoms with Crippen molar-refractivity contribution in [3.63, 3.8) is 0 Å². The van der Waals surface area contributed by atoms with E-state index in [1.165, 1.54) is 0 Å². The summed E-state index contributed by atoms with van der Waals surface area (Å²) in [6.07, 6.45) is 0.440. The molecule has 70 valence electrons. The Labute approximate surface area is 80.2 Å². The maximum Gasteiger partial charge on any atom is 0.134 e. The Morgan fingerprint density at radius 3 is 2.54 bits per heavy atom. The average molecular weight is 196 g/mol. The second-order valence-corrected chi connectivity index (χ2v) is 3.79. The first-order valence-electron chi connectivity index (χ1n) is 4.10. The van der Waals surface area contributed by atoms with Crippen molar-refractivity contribution in [1.29, 1.82) is 0 Å². The lowest BCUT2D eigenvalue weighted by molar-refractivity contribution is -0.116. The number of aliphatic hydroxyl groups excluding tert-OH is 1. The Balaban J connectivity index is 2.94. The van der Waals surface area contributed by atoms with Gasteiger partial charge in [0.05, 0.1) is 6.61 Å². The van der Waals surface area contributed by atoms with Crippen molar-refractivity contribution in [2.45, 2.75) is 20.0 Å². The predicted octanol–water partition coefficient (Wildman–Crippen LogP) is 0.811. The van der Waals surface area contributed by atoms with Gasteiger partial charge in [0.1, 0.15) is 5.78 Å².